The summed E-state index contributed by atoms with van der Waals surface area (Å²) in [5, 5.41) is 14.4. The largest absolute Gasteiger partial charge is 0.493 e. The van der Waals surface area contributed by atoms with Crippen molar-refractivity contribution in [2.75, 3.05) is 26.6 Å². The molecule has 2 aromatic rings. The van der Waals surface area contributed by atoms with E-state index in [1.54, 1.807) is 16.8 Å². The lowest BCUT2D eigenvalue weighted by molar-refractivity contribution is -0.126. The number of anilines is 1. The summed E-state index contributed by atoms with van der Waals surface area (Å²) in [6.07, 6.45) is 5.87. The number of methoxy groups -OCH3 is 3. The van der Waals surface area contributed by atoms with Crippen LogP contribution in [0.25, 0.3) is 0 Å². The van der Waals surface area contributed by atoms with Crippen molar-refractivity contribution in [1.82, 2.24) is 20.2 Å². The number of hydrogen-bond donors (Lipinski definition) is 1. The van der Waals surface area contributed by atoms with Gasteiger partial charge in [-0.25, -0.2) is 4.68 Å². The Hall–Kier alpha value is -2.84. The van der Waals surface area contributed by atoms with Gasteiger partial charge in [0, 0.05) is 17.8 Å². The maximum Gasteiger partial charge on any atom is 0.252 e. The third kappa shape index (κ3) is 3.16. The molecule has 9 heteroatoms. The van der Waals surface area contributed by atoms with E-state index in [2.05, 4.69) is 20.8 Å². The quantitative estimate of drug-likeness (QED) is 0.840. The van der Waals surface area contributed by atoms with Gasteiger partial charge < -0.3 is 19.5 Å². The second kappa shape index (κ2) is 7.59. The average molecular weight is 361 g/mol. The predicted molar refractivity (Wildman–Crippen MR) is 93.6 cm³/mol. The monoisotopic (exact) mass is 361 g/mol. The molecule has 1 aliphatic rings. The van der Waals surface area contributed by atoms with Crippen LogP contribution >= 0.6 is 0 Å². The number of benzene rings is 1. The number of carbonyl (C=O) groups excluding carboxylic acids is 1. The van der Waals surface area contributed by atoms with E-state index >= 15 is 0 Å². The Bertz CT molecular complexity index is 732. The summed E-state index contributed by atoms with van der Waals surface area (Å²) >= 11 is 0. The van der Waals surface area contributed by atoms with Crippen LogP contribution in [-0.4, -0.2) is 47.4 Å². The molecule has 140 valence electrons. The van der Waals surface area contributed by atoms with Crippen molar-refractivity contribution in [2.24, 2.45) is 0 Å². The van der Waals surface area contributed by atoms with Crippen LogP contribution in [0.2, 0.25) is 0 Å². The van der Waals surface area contributed by atoms with Gasteiger partial charge in [-0.3, -0.25) is 4.79 Å². The minimum absolute atomic E-state index is 0.154. The summed E-state index contributed by atoms with van der Waals surface area (Å²) in [5.41, 5.74) is -0.232. The van der Waals surface area contributed by atoms with Crippen molar-refractivity contribution in [3.05, 3.63) is 18.5 Å². The molecule has 1 N–H and O–H groups in total. The van der Waals surface area contributed by atoms with Crippen LogP contribution in [0, 0.1) is 0 Å². The van der Waals surface area contributed by atoms with E-state index in [0.29, 0.717) is 35.8 Å². The zero-order chi connectivity index (χ0) is 18.6. The zero-order valence-corrected chi connectivity index (χ0v) is 15.2. The predicted octanol–water partition coefficient (Wildman–Crippen LogP) is 2.00. The number of tetrazole rings is 1. The first kappa shape index (κ1) is 18.0. The first-order valence-corrected chi connectivity index (χ1v) is 8.49. The lowest BCUT2D eigenvalue weighted by atomic mass is 9.81. The normalized spacial score (nSPS) is 16.0. The van der Waals surface area contributed by atoms with Gasteiger partial charge >= 0.3 is 0 Å². The highest BCUT2D eigenvalue weighted by atomic mass is 16.5. The van der Waals surface area contributed by atoms with Gasteiger partial charge in [-0.2, -0.15) is 0 Å². The van der Waals surface area contributed by atoms with E-state index in [9.17, 15) is 4.79 Å². The van der Waals surface area contributed by atoms with Crippen LogP contribution in [0.4, 0.5) is 5.69 Å². The van der Waals surface area contributed by atoms with E-state index in [1.807, 2.05) is 0 Å². The Morgan fingerprint density at radius 1 is 1.08 bits per heavy atom. The molecule has 1 aliphatic carbocycles. The minimum Gasteiger partial charge on any atom is -0.493 e. The van der Waals surface area contributed by atoms with Crippen molar-refractivity contribution >= 4 is 11.6 Å². The smallest absolute Gasteiger partial charge is 0.252 e. The molecule has 1 heterocycles. The maximum atomic E-state index is 13.2. The van der Waals surface area contributed by atoms with E-state index in [1.165, 1.54) is 27.7 Å². The summed E-state index contributed by atoms with van der Waals surface area (Å²) in [5.74, 6) is 1.27. The highest BCUT2D eigenvalue weighted by Gasteiger charge is 2.42. The summed E-state index contributed by atoms with van der Waals surface area (Å²) in [6, 6.07) is 3.41. The van der Waals surface area contributed by atoms with E-state index in [4.69, 9.17) is 14.2 Å². The minimum atomic E-state index is -0.790. The Balaban J connectivity index is 1.93. The average Bonchev–Trinajstić information content (AvgIpc) is 3.23. The number of hydrogen-bond acceptors (Lipinski definition) is 7. The van der Waals surface area contributed by atoms with Crippen LogP contribution in [0.5, 0.6) is 17.2 Å². The van der Waals surface area contributed by atoms with Gasteiger partial charge in [0.15, 0.2) is 11.5 Å². The van der Waals surface area contributed by atoms with Crippen LogP contribution in [-0.2, 0) is 10.3 Å². The molecule has 0 saturated heterocycles. The molecule has 9 nitrogen and oxygen atoms in total. The van der Waals surface area contributed by atoms with Crippen LogP contribution in [0.1, 0.15) is 32.1 Å². The molecule has 0 bridgehead atoms. The lowest BCUT2D eigenvalue weighted by Crippen LogP contribution is -2.47. The SMILES string of the molecule is COc1cc(NC(=O)C2(n3cnnn3)CCCCC2)cc(OC)c1OC. The Kier molecular flexibility index (Phi) is 5.24. The van der Waals surface area contributed by atoms with Gasteiger partial charge in [0.05, 0.1) is 21.3 Å². The molecule has 0 aliphatic heterocycles. The Morgan fingerprint density at radius 2 is 1.73 bits per heavy atom. The van der Waals surface area contributed by atoms with Gasteiger partial charge in [0.1, 0.15) is 11.9 Å². The van der Waals surface area contributed by atoms with Crippen molar-refractivity contribution in [1.29, 1.82) is 0 Å². The third-order valence-electron chi connectivity index (χ3n) is 4.81. The number of amides is 1. The molecule has 1 amide bonds. The van der Waals surface area contributed by atoms with Crippen LogP contribution < -0.4 is 19.5 Å². The lowest BCUT2D eigenvalue weighted by Gasteiger charge is -2.35. The van der Waals surface area contributed by atoms with Gasteiger partial charge in [-0.15, -0.1) is 5.10 Å². The summed E-state index contributed by atoms with van der Waals surface area (Å²) in [7, 11) is 4.60. The molecule has 0 unspecified atom stereocenters. The highest BCUT2D eigenvalue weighted by Crippen LogP contribution is 2.41. The number of ether oxygens (including phenoxy) is 3. The molecule has 1 aromatic carbocycles. The first-order chi connectivity index (χ1) is 12.6. The van der Waals surface area contributed by atoms with E-state index in [-0.39, 0.29) is 5.91 Å². The molecule has 0 atom stereocenters. The highest BCUT2D eigenvalue weighted by molar-refractivity contribution is 5.97. The standard InChI is InChI=1S/C17H23N5O4/c1-24-13-9-12(10-14(25-2)15(13)26-3)19-16(23)17(7-5-4-6-8-17)22-11-18-20-21-22/h9-11H,4-8H2,1-3H3,(H,19,23). The summed E-state index contributed by atoms with van der Waals surface area (Å²) in [6.45, 7) is 0. The summed E-state index contributed by atoms with van der Waals surface area (Å²) < 4.78 is 17.6. The van der Waals surface area contributed by atoms with Crippen molar-refractivity contribution in [3.8, 4) is 17.2 Å². The van der Waals surface area contributed by atoms with Crippen molar-refractivity contribution in [3.63, 3.8) is 0 Å². The second-order valence-corrected chi connectivity index (χ2v) is 6.21. The van der Waals surface area contributed by atoms with Gasteiger partial charge in [-0.1, -0.05) is 19.3 Å². The topological polar surface area (TPSA) is 100 Å². The molecule has 0 radical (unpaired) electrons. The van der Waals surface area contributed by atoms with Gasteiger partial charge in [0.25, 0.3) is 5.91 Å². The third-order valence-corrected chi connectivity index (χ3v) is 4.81. The van der Waals surface area contributed by atoms with Crippen molar-refractivity contribution in [2.45, 2.75) is 37.6 Å². The fourth-order valence-corrected chi connectivity index (χ4v) is 3.45. The fraction of sp³-hybridized carbons (Fsp3) is 0.529. The van der Waals surface area contributed by atoms with Crippen LogP contribution in [0.15, 0.2) is 18.5 Å². The molecule has 1 saturated carbocycles. The zero-order valence-electron chi connectivity index (χ0n) is 15.2. The Labute approximate surface area is 151 Å². The number of nitrogens with one attached hydrogen (secondary N) is 1. The molecule has 1 fully saturated rings. The fourth-order valence-electron chi connectivity index (χ4n) is 3.45. The molecular formula is C17H23N5O4. The van der Waals surface area contributed by atoms with Gasteiger partial charge in [0.2, 0.25) is 5.75 Å². The Morgan fingerprint density at radius 3 is 2.23 bits per heavy atom. The second-order valence-electron chi connectivity index (χ2n) is 6.21. The van der Waals surface area contributed by atoms with E-state index < -0.39 is 5.54 Å². The number of aromatic nitrogens is 4. The molecule has 3 rings (SSSR count). The molecular weight excluding hydrogens is 338 g/mol. The maximum absolute atomic E-state index is 13.2. The number of rotatable bonds is 6. The van der Waals surface area contributed by atoms with Gasteiger partial charge in [-0.05, 0) is 23.3 Å². The van der Waals surface area contributed by atoms with Crippen molar-refractivity contribution < 1.29 is 19.0 Å². The summed E-state index contributed by atoms with van der Waals surface area (Å²) in [4.78, 5) is 13.2. The van der Waals surface area contributed by atoms with Crippen LogP contribution in [0.3, 0.4) is 0 Å². The molecule has 1 aromatic heterocycles. The number of carbonyl (C=O) groups is 1. The number of nitrogens with zero attached hydrogens (tertiary/aromatic N) is 4. The first-order valence-electron chi connectivity index (χ1n) is 8.49. The van der Waals surface area contributed by atoms with E-state index in [0.717, 1.165) is 19.3 Å². The molecule has 26 heavy (non-hydrogen) atoms. The molecule has 0 spiro atoms.